The number of anilines is 1. The van der Waals surface area contributed by atoms with Gasteiger partial charge in [0.2, 0.25) is 17.7 Å². The highest BCUT2D eigenvalue weighted by molar-refractivity contribution is 7.08. The lowest BCUT2D eigenvalue weighted by molar-refractivity contribution is -0.384. The minimum absolute atomic E-state index is 0.0786. The monoisotopic (exact) mass is 344 g/mol. The molecule has 2 aromatic heterocycles. The van der Waals surface area contributed by atoms with Crippen LogP contribution in [-0.2, 0) is 11.2 Å². The number of carbonyl (C=O) groups is 1. The zero-order valence-corrected chi connectivity index (χ0v) is 13.2. The van der Waals surface area contributed by atoms with Gasteiger partial charge < -0.3 is 9.73 Å². The number of carbonyl (C=O) groups excluding carboxylic acids is 1. The fraction of sp³-hybridized carbons (Fsp3) is 0.133. The van der Waals surface area contributed by atoms with Crippen molar-refractivity contribution in [3.8, 4) is 11.5 Å². The molecule has 1 amide bonds. The van der Waals surface area contributed by atoms with Crippen molar-refractivity contribution in [3.63, 3.8) is 0 Å². The Morgan fingerprint density at radius 3 is 2.96 bits per heavy atom. The van der Waals surface area contributed by atoms with Crippen LogP contribution < -0.4 is 5.32 Å². The number of non-ortho nitro benzene ring substituents is 1. The number of benzene rings is 1. The van der Waals surface area contributed by atoms with Crippen molar-refractivity contribution in [2.75, 3.05) is 5.32 Å². The van der Waals surface area contributed by atoms with Crippen molar-refractivity contribution in [2.45, 2.75) is 12.8 Å². The Bertz CT molecular complexity index is 860. The molecular formula is C15H12N4O4S. The first-order valence-corrected chi connectivity index (χ1v) is 7.95. The lowest BCUT2D eigenvalue weighted by atomic mass is 10.2. The molecule has 0 atom stereocenters. The van der Waals surface area contributed by atoms with E-state index in [2.05, 4.69) is 15.5 Å². The third kappa shape index (κ3) is 3.82. The molecule has 0 radical (unpaired) electrons. The lowest BCUT2D eigenvalue weighted by Crippen LogP contribution is -2.12. The van der Waals surface area contributed by atoms with Crippen molar-refractivity contribution in [2.24, 2.45) is 0 Å². The highest BCUT2D eigenvalue weighted by atomic mass is 32.1. The van der Waals surface area contributed by atoms with Gasteiger partial charge in [-0.05, 0) is 17.5 Å². The van der Waals surface area contributed by atoms with Gasteiger partial charge >= 0.3 is 0 Å². The van der Waals surface area contributed by atoms with Crippen LogP contribution in [-0.4, -0.2) is 21.0 Å². The normalized spacial score (nSPS) is 10.5. The van der Waals surface area contributed by atoms with Crippen molar-refractivity contribution in [3.05, 3.63) is 57.1 Å². The van der Waals surface area contributed by atoms with Crippen LogP contribution in [0.4, 0.5) is 11.4 Å². The van der Waals surface area contributed by atoms with Gasteiger partial charge in [0.05, 0.1) is 4.92 Å². The van der Waals surface area contributed by atoms with E-state index >= 15 is 0 Å². The summed E-state index contributed by atoms with van der Waals surface area (Å²) in [6.07, 6.45) is 0.422. The minimum atomic E-state index is -0.514. The first-order valence-electron chi connectivity index (χ1n) is 7.01. The lowest BCUT2D eigenvalue weighted by Gasteiger charge is -2.03. The molecule has 0 spiro atoms. The van der Waals surface area contributed by atoms with Gasteiger partial charge in [0, 0.05) is 41.6 Å². The summed E-state index contributed by atoms with van der Waals surface area (Å²) in [4.78, 5) is 22.1. The second kappa shape index (κ2) is 7.01. The molecule has 3 aromatic rings. The van der Waals surface area contributed by atoms with Gasteiger partial charge in [-0.1, -0.05) is 6.07 Å². The summed E-state index contributed by atoms with van der Waals surface area (Å²) in [7, 11) is 0. The molecule has 0 saturated heterocycles. The van der Waals surface area contributed by atoms with Gasteiger partial charge in [0.15, 0.2) is 0 Å². The van der Waals surface area contributed by atoms with E-state index < -0.39 is 4.92 Å². The predicted molar refractivity (Wildman–Crippen MR) is 87.7 cm³/mol. The Kier molecular flexibility index (Phi) is 4.62. The van der Waals surface area contributed by atoms with Crippen LogP contribution in [0.3, 0.4) is 0 Å². The molecule has 1 aromatic carbocycles. The summed E-state index contributed by atoms with van der Waals surface area (Å²) in [6.45, 7) is 0. The van der Waals surface area contributed by atoms with E-state index in [0.717, 1.165) is 5.56 Å². The number of nitrogens with zero attached hydrogens (tertiary/aromatic N) is 3. The van der Waals surface area contributed by atoms with Gasteiger partial charge in [-0.25, -0.2) is 0 Å². The fourth-order valence-electron chi connectivity index (χ4n) is 2.00. The number of thiophene rings is 1. The smallest absolute Gasteiger partial charge is 0.271 e. The molecule has 0 saturated carbocycles. The molecular weight excluding hydrogens is 332 g/mol. The third-order valence-electron chi connectivity index (χ3n) is 3.14. The molecule has 0 aliphatic carbocycles. The van der Waals surface area contributed by atoms with Crippen LogP contribution in [0.25, 0.3) is 11.5 Å². The Morgan fingerprint density at radius 1 is 1.33 bits per heavy atom. The topological polar surface area (TPSA) is 111 Å². The van der Waals surface area contributed by atoms with E-state index in [1.807, 2.05) is 16.8 Å². The largest absolute Gasteiger partial charge is 0.421 e. The first-order chi connectivity index (χ1) is 11.6. The van der Waals surface area contributed by atoms with Crippen LogP contribution in [0, 0.1) is 10.1 Å². The first kappa shape index (κ1) is 15.8. The summed E-state index contributed by atoms with van der Waals surface area (Å²) in [5.74, 6) is 0.501. The summed E-state index contributed by atoms with van der Waals surface area (Å²) in [5.41, 5.74) is 1.14. The molecule has 122 valence electrons. The van der Waals surface area contributed by atoms with Gasteiger partial charge in [-0.3, -0.25) is 14.9 Å². The number of aromatic nitrogens is 2. The van der Waals surface area contributed by atoms with E-state index in [9.17, 15) is 14.9 Å². The van der Waals surface area contributed by atoms with Crippen LogP contribution in [0.1, 0.15) is 12.3 Å². The van der Waals surface area contributed by atoms with E-state index in [-0.39, 0.29) is 24.4 Å². The number of rotatable bonds is 6. The maximum absolute atomic E-state index is 11.9. The number of nitro groups is 1. The molecule has 9 heteroatoms. The predicted octanol–water partition coefficient (Wildman–Crippen LogP) is 3.28. The van der Waals surface area contributed by atoms with Gasteiger partial charge in [0.25, 0.3) is 5.69 Å². The van der Waals surface area contributed by atoms with Crippen molar-refractivity contribution in [1.29, 1.82) is 0 Å². The number of amides is 1. The highest BCUT2D eigenvalue weighted by Crippen LogP contribution is 2.21. The number of nitro benzene ring substituents is 1. The number of hydrogen-bond acceptors (Lipinski definition) is 7. The quantitative estimate of drug-likeness (QED) is 0.542. The molecule has 2 heterocycles. The van der Waals surface area contributed by atoms with Gasteiger partial charge in [-0.15, -0.1) is 10.2 Å². The van der Waals surface area contributed by atoms with E-state index in [1.54, 1.807) is 6.07 Å². The molecule has 0 fully saturated rings. The molecule has 0 aliphatic heterocycles. The molecule has 8 nitrogen and oxygen atoms in total. The number of nitrogens with one attached hydrogen (secondary N) is 1. The second-order valence-corrected chi connectivity index (χ2v) is 5.65. The summed E-state index contributed by atoms with van der Waals surface area (Å²) in [6, 6.07) is 7.64. The van der Waals surface area contributed by atoms with Crippen molar-refractivity contribution >= 4 is 28.6 Å². The van der Waals surface area contributed by atoms with E-state index in [1.165, 1.54) is 29.5 Å². The van der Waals surface area contributed by atoms with Gasteiger partial charge in [-0.2, -0.15) is 11.3 Å². The Labute approximate surface area is 140 Å². The molecule has 3 rings (SSSR count). The standard InChI is InChI=1S/C15H12N4O4S/c20-13(16-11-2-1-3-12(8-11)19(21)22)4-5-14-17-18-15(23-14)10-6-7-24-9-10/h1-3,6-9H,4-5H2,(H,16,20). The highest BCUT2D eigenvalue weighted by Gasteiger charge is 2.12. The summed E-state index contributed by atoms with van der Waals surface area (Å²) >= 11 is 1.53. The van der Waals surface area contributed by atoms with Crippen molar-refractivity contribution in [1.82, 2.24) is 10.2 Å². The van der Waals surface area contributed by atoms with Crippen LogP contribution in [0.5, 0.6) is 0 Å². The molecule has 0 aliphatic rings. The maximum Gasteiger partial charge on any atom is 0.271 e. The zero-order chi connectivity index (χ0) is 16.9. The van der Waals surface area contributed by atoms with Crippen LogP contribution in [0.15, 0.2) is 45.5 Å². The Balaban J connectivity index is 1.56. The third-order valence-corrected chi connectivity index (χ3v) is 3.82. The van der Waals surface area contributed by atoms with Crippen LogP contribution >= 0.6 is 11.3 Å². The second-order valence-electron chi connectivity index (χ2n) is 4.87. The van der Waals surface area contributed by atoms with E-state index in [4.69, 9.17) is 4.42 Å². The maximum atomic E-state index is 11.9. The zero-order valence-electron chi connectivity index (χ0n) is 12.3. The Hall–Kier alpha value is -3.07. The fourth-order valence-corrected chi connectivity index (χ4v) is 2.63. The average molecular weight is 344 g/mol. The Morgan fingerprint density at radius 2 is 2.21 bits per heavy atom. The molecule has 24 heavy (non-hydrogen) atoms. The van der Waals surface area contributed by atoms with E-state index in [0.29, 0.717) is 17.5 Å². The average Bonchev–Trinajstić information content (AvgIpc) is 3.24. The summed E-state index contributed by atoms with van der Waals surface area (Å²) in [5, 5.41) is 25.0. The molecule has 1 N–H and O–H groups in total. The molecule has 0 bridgehead atoms. The van der Waals surface area contributed by atoms with Gasteiger partial charge in [0.1, 0.15) is 0 Å². The number of aryl methyl sites for hydroxylation is 1. The number of hydrogen-bond donors (Lipinski definition) is 1. The minimum Gasteiger partial charge on any atom is -0.421 e. The SMILES string of the molecule is O=C(CCc1nnc(-c2ccsc2)o1)Nc1cccc([N+](=O)[O-])c1. The van der Waals surface area contributed by atoms with Crippen molar-refractivity contribution < 1.29 is 14.1 Å². The summed E-state index contributed by atoms with van der Waals surface area (Å²) < 4.78 is 5.49. The van der Waals surface area contributed by atoms with Crippen LogP contribution in [0.2, 0.25) is 0 Å². The molecule has 0 unspecified atom stereocenters.